The minimum absolute atomic E-state index is 0.0475. The van der Waals surface area contributed by atoms with Crippen LogP contribution < -0.4 is 20.1 Å². The molecule has 2 N–H and O–H groups in total. The minimum Gasteiger partial charge on any atom is -0.493 e. The maximum Gasteiger partial charge on any atom is 0.258 e. The number of nitrogens with one attached hydrogen (secondary N) is 2. The fourth-order valence-corrected chi connectivity index (χ4v) is 3.18. The summed E-state index contributed by atoms with van der Waals surface area (Å²) in [6.07, 6.45) is 6.25. The SMILES string of the molecule is CCCCCCCNCc1c(Br)ccc(OC)c1OCC(=O)NC(C)(C)C. The van der Waals surface area contributed by atoms with Crippen molar-refractivity contribution in [2.45, 2.75) is 71.9 Å². The number of benzene rings is 1. The number of carbonyl (C=O) groups is 1. The Balaban J connectivity index is 2.69. The number of ether oxygens (including phenoxy) is 2. The molecule has 0 spiro atoms. The number of amides is 1. The summed E-state index contributed by atoms with van der Waals surface area (Å²) in [7, 11) is 1.61. The van der Waals surface area contributed by atoms with Gasteiger partial charge >= 0.3 is 0 Å². The van der Waals surface area contributed by atoms with Gasteiger partial charge in [0.1, 0.15) is 0 Å². The van der Waals surface area contributed by atoms with Crippen LogP contribution in [-0.2, 0) is 11.3 Å². The van der Waals surface area contributed by atoms with Gasteiger partial charge in [-0.05, 0) is 45.9 Å². The molecule has 5 nitrogen and oxygen atoms in total. The summed E-state index contributed by atoms with van der Waals surface area (Å²) in [5.41, 5.74) is 0.677. The molecule has 0 bridgehead atoms. The fourth-order valence-electron chi connectivity index (χ4n) is 2.73. The lowest BCUT2D eigenvalue weighted by atomic mass is 10.1. The van der Waals surface area contributed by atoms with Gasteiger partial charge in [-0.15, -0.1) is 0 Å². The van der Waals surface area contributed by atoms with E-state index in [0.717, 1.165) is 23.0 Å². The predicted octanol–water partition coefficient (Wildman–Crippen LogP) is 4.81. The molecule has 0 aliphatic rings. The average Bonchev–Trinajstić information content (AvgIpc) is 2.59. The van der Waals surface area contributed by atoms with Gasteiger partial charge in [-0.3, -0.25) is 4.79 Å². The van der Waals surface area contributed by atoms with E-state index in [0.29, 0.717) is 18.0 Å². The lowest BCUT2D eigenvalue weighted by Gasteiger charge is -2.21. The van der Waals surface area contributed by atoms with E-state index in [9.17, 15) is 4.79 Å². The highest BCUT2D eigenvalue weighted by atomic mass is 79.9. The fraction of sp³-hybridized carbons (Fsp3) is 0.667. The maximum absolute atomic E-state index is 12.1. The molecular formula is C21H35BrN2O3. The Hall–Kier alpha value is -1.27. The number of halogens is 1. The Kier molecular flexibility index (Phi) is 10.8. The largest absolute Gasteiger partial charge is 0.493 e. The van der Waals surface area contributed by atoms with Crippen molar-refractivity contribution in [2.75, 3.05) is 20.3 Å². The Bertz CT molecular complexity index is 586. The maximum atomic E-state index is 12.1. The van der Waals surface area contributed by atoms with Crippen molar-refractivity contribution in [1.82, 2.24) is 10.6 Å². The zero-order chi connectivity index (χ0) is 20.3. The van der Waals surface area contributed by atoms with Crippen molar-refractivity contribution in [3.05, 3.63) is 22.2 Å². The lowest BCUT2D eigenvalue weighted by molar-refractivity contribution is -0.124. The quantitative estimate of drug-likeness (QED) is 0.455. The third-order valence-corrected chi connectivity index (χ3v) is 4.75. The number of hydrogen-bond acceptors (Lipinski definition) is 4. The average molecular weight is 443 g/mol. The number of rotatable bonds is 12. The predicted molar refractivity (Wildman–Crippen MR) is 115 cm³/mol. The molecule has 0 saturated carbocycles. The van der Waals surface area contributed by atoms with E-state index in [4.69, 9.17) is 9.47 Å². The molecule has 1 aromatic carbocycles. The molecular weight excluding hydrogens is 408 g/mol. The van der Waals surface area contributed by atoms with E-state index in [2.05, 4.69) is 33.5 Å². The van der Waals surface area contributed by atoms with Crippen molar-refractivity contribution < 1.29 is 14.3 Å². The van der Waals surface area contributed by atoms with E-state index >= 15 is 0 Å². The van der Waals surface area contributed by atoms with Crippen LogP contribution in [-0.4, -0.2) is 31.7 Å². The summed E-state index contributed by atoms with van der Waals surface area (Å²) < 4.78 is 12.2. The Morgan fingerprint density at radius 3 is 2.48 bits per heavy atom. The Labute approximate surface area is 172 Å². The van der Waals surface area contributed by atoms with Crippen molar-refractivity contribution in [3.8, 4) is 11.5 Å². The third-order valence-electron chi connectivity index (χ3n) is 4.01. The summed E-state index contributed by atoms with van der Waals surface area (Å²) in [5, 5.41) is 6.38. The molecule has 0 aliphatic carbocycles. The summed E-state index contributed by atoms with van der Waals surface area (Å²) in [6.45, 7) is 9.62. The van der Waals surface area contributed by atoms with Gasteiger partial charge in [-0.25, -0.2) is 0 Å². The third kappa shape index (κ3) is 9.47. The van der Waals surface area contributed by atoms with Crippen LogP contribution >= 0.6 is 15.9 Å². The van der Waals surface area contributed by atoms with E-state index < -0.39 is 0 Å². The molecule has 0 atom stereocenters. The molecule has 0 aromatic heterocycles. The Morgan fingerprint density at radius 1 is 1.15 bits per heavy atom. The van der Waals surface area contributed by atoms with Crippen molar-refractivity contribution in [2.24, 2.45) is 0 Å². The summed E-state index contributed by atoms with van der Waals surface area (Å²) in [6, 6.07) is 3.79. The summed E-state index contributed by atoms with van der Waals surface area (Å²) in [4.78, 5) is 12.1. The molecule has 0 unspecified atom stereocenters. The van der Waals surface area contributed by atoms with E-state index in [-0.39, 0.29) is 18.1 Å². The molecule has 0 saturated heterocycles. The van der Waals surface area contributed by atoms with Gasteiger partial charge in [-0.2, -0.15) is 0 Å². The molecule has 1 amide bonds. The summed E-state index contributed by atoms with van der Waals surface area (Å²) >= 11 is 3.59. The van der Waals surface area contributed by atoms with E-state index in [1.54, 1.807) is 7.11 Å². The Morgan fingerprint density at radius 2 is 1.85 bits per heavy atom. The lowest BCUT2D eigenvalue weighted by Crippen LogP contribution is -2.43. The molecule has 1 aromatic rings. The standard InChI is InChI=1S/C21H35BrN2O3/c1-6-7-8-9-10-13-23-14-16-17(22)11-12-18(26-5)20(16)27-15-19(25)24-21(2,3)4/h11-12,23H,6-10,13-15H2,1-5H3,(H,24,25). The van der Waals surface area contributed by atoms with Crippen LogP contribution in [0.15, 0.2) is 16.6 Å². The van der Waals surface area contributed by atoms with Gasteiger partial charge in [0.25, 0.3) is 5.91 Å². The van der Waals surface area contributed by atoms with Crippen molar-refractivity contribution in [3.63, 3.8) is 0 Å². The first-order valence-corrected chi connectivity index (χ1v) is 10.6. The molecule has 0 heterocycles. The number of hydrogen-bond donors (Lipinski definition) is 2. The number of methoxy groups -OCH3 is 1. The second-order valence-electron chi connectivity index (χ2n) is 7.74. The first-order valence-electron chi connectivity index (χ1n) is 9.78. The van der Waals surface area contributed by atoms with Gasteiger partial charge in [0, 0.05) is 22.1 Å². The minimum atomic E-state index is -0.288. The molecule has 0 radical (unpaired) electrons. The number of unbranched alkanes of at least 4 members (excludes halogenated alkanes) is 4. The van der Waals surface area contributed by atoms with Gasteiger partial charge in [0.2, 0.25) is 0 Å². The zero-order valence-corrected chi connectivity index (χ0v) is 19.0. The molecule has 6 heteroatoms. The van der Waals surface area contributed by atoms with Crippen LogP contribution in [0.4, 0.5) is 0 Å². The topological polar surface area (TPSA) is 59.6 Å². The smallest absolute Gasteiger partial charge is 0.258 e. The summed E-state index contributed by atoms with van der Waals surface area (Å²) in [5.74, 6) is 1.08. The monoisotopic (exact) mass is 442 g/mol. The van der Waals surface area contributed by atoms with Gasteiger partial charge < -0.3 is 20.1 Å². The van der Waals surface area contributed by atoms with Crippen LogP contribution in [0.5, 0.6) is 11.5 Å². The normalized spacial score (nSPS) is 11.3. The van der Waals surface area contributed by atoms with E-state index in [1.165, 1.54) is 25.7 Å². The zero-order valence-electron chi connectivity index (χ0n) is 17.4. The van der Waals surface area contributed by atoms with Crippen LogP contribution in [0.25, 0.3) is 0 Å². The number of carbonyl (C=O) groups excluding carboxylic acids is 1. The molecule has 154 valence electrons. The second kappa shape index (κ2) is 12.2. The highest BCUT2D eigenvalue weighted by molar-refractivity contribution is 9.10. The van der Waals surface area contributed by atoms with E-state index in [1.807, 2.05) is 32.9 Å². The van der Waals surface area contributed by atoms with Crippen molar-refractivity contribution >= 4 is 21.8 Å². The van der Waals surface area contributed by atoms with Crippen LogP contribution in [0, 0.1) is 0 Å². The van der Waals surface area contributed by atoms with Crippen molar-refractivity contribution in [1.29, 1.82) is 0 Å². The molecule has 1 rings (SSSR count). The molecule has 0 aliphatic heterocycles. The van der Waals surface area contributed by atoms with Gasteiger partial charge in [0.15, 0.2) is 18.1 Å². The molecule has 27 heavy (non-hydrogen) atoms. The highest BCUT2D eigenvalue weighted by Gasteiger charge is 2.18. The first kappa shape index (κ1) is 23.8. The van der Waals surface area contributed by atoms with Crippen LogP contribution in [0.2, 0.25) is 0 Å². The van der Waals surface area contributed by atoms with Crippen LogP contribution in [0.3, 0.4) is 0 Å². The van der Waals surface area contributed by atoms with Gasteiger partial charge in [-0.1, -0.05) is 48.5 Å². The van der Waals surface area contributed by atoms with Crippen LogP contribution in [0.1, 0.15) is 65.4 Å². The van der Waals surface area contributed by atoms with Gasteiger partial charge in [0.05, 0.1) is 7.11 Å². The highest BCUT2D eigenvalue weighted by Crippen LogP contribution is 2.36. The first-order chi connectivity index (χ1) is 12.8. The molecule has 0 fully saturated rings. The second-order valence-corrected chi connectivity index (χ2v) is 8.59.